The fourth-order valence-corrected chi connectivity index (χ4v) is 4.29. The molecule has 3 amide bonds. The minimum atomic E-state index is -0.746. The lowest BCUT2D eigenvalue weighted by molar-refractivity contribution is -0.139. The third kappa shape index (κ3) is 4.59. The number of likely N-dealkylation sites (tertiary alicyclic amines) is 1. The van der Waals surface area contributed by atoms with Crippen LogP contribution in [0.25, 0.3) is 0 Å². The molecule has 1 aromatic carbocycles. The standard InChI is InChI=1S/C24H29N5O3/c1-16-5-7-18(8-6-16)10-14-26-22(31)17(2)29-15-12-24(11-9-20(29)30)27-21-19(23(32)28-24)4-3-13-25-21/h3-8,13,17H,9-12,14-15H2,1-2H3,(H,25,27)(H,26,31)(H,28,32). The Balaban J connectivity index is 1.36. The Morgan fingerprint density at radius 1 is 1.19 bits per heavy atom. The number of hydrogen-bond donors (Lipinski definition) is 3. The van der Waals surface area contributed by atoms with Crippen molar-refractivity contribution in [2.45, 2.75) is 51.2 Å². The first-order chi connectivity index (χ1) is 15.4. The number of carbonyl (C=O) groups excluding carboxylic acids is 3. The van der Waals surface area contributed by atoms with Gasteiger partial charge in [0.1, 0.15) is 17.5 Å². The quantitative estimate of drug-likeness (QED) is 0.667. The van der Waals surface area contributed by atoms with E-state index in [2.05, 4.69) is 45.2 Å². The van der Waals surface area contributed by atoms with Crippen molar-refractivity contribution in [3.63, 3.8) is 0 Å². The van der Waals surface area contributed by atoms with E-state index in [0.717, 1.165) is 12.0 Å². The molecule has 8 nitrogen and oxygen atoms in total. The number of nitrogens with one attached hydrogen (secondary N) is 3. The summed E-state index contributed by atoms with van der Waals surface area (Å²) in [4.78, 5) is 44.0. The minimum Gasteiger partial charge on any atom is -0.354 e. The Kier molecular flexibility index (Phi) is 6.12. The van der Waals surface area contributed by atoms with Gasteiger partial charge in [0.2, 0.25) is 11.8 Å². The maximum atomic E-state index is 12.8. The van der Waals surface area contributed by atoms with Crippen LogP contribution < -0.4 is 16.0 Å². The van der Waals surface area contributed by atoms with Gasteiger partial charge in [-0.15, -0.1) is 0 Å². The van der Waals surface area contributed by atoms with Crippen molar-refractivity contribution in [3.05, 3.63) is 59.3 Å². The summed E-state index contributed by atoms with van der Waals surface area (Å²) >= 11 is 0. The molecule has 168 valence electrons. The van der Waals surface area contributed by atoms with Gasteiger partial charge < -0.3 is 20.9 Å². The van der Waals surface area contributed by atoms with Crippen LogP contribution >= 0.6 is 0 Å². The van der Waals surface area contributed by atoms with Crippen molar-refractivity contribution >= 4 is 23.5 Å². The number of amides is 3. The molecular formula is C24H29N5O3. The third-order valence-corrected chi connectivity index (χ3v) is 6.31. The predicted molar refractivity (Wildman–Crippen MR) is 121 cm³/mol. The van der Waals surface area contributed by atoms with E-state index in [1.807, 2.05) is 6.92 Å². The van der Waals surface area contributed by atoms with E-state index >= 15 is 0 Å². The minimum absolute atomic E-state index is 0.0917. The van der Waals surface area contributed by atoms with Gasteiger partial charge >= 0.3 is 0 Å². The Labute approximate surface area is 187 Å². The molecule has 0 bridgehead atoms. The van der Waals surface area contributed by atoms with Crippen LogP contribution in [0.1, 0.15) is 47.7 Å². The number of anilines is 1. The van der Waals surface area contributed by atoms with Crippen molar-refractivity contribution in [1.82, 2.24) is 20.5 Å². The van der Waals surface area contributed by atoms with Crippen LogP contribution in [0, 0.1) is 6.92 Å². The van der Waals surface area contributed by atoms with Gasteiger partial charge in [-0.05, 0) is 44.4 Å². The highest BCUT2D eigenvalue weighted by molar-refractivity contribution is 6.01. The second-order valence-corrected chi connectivity index (χ2v) is 8.60. The van der Waals surface area contributed by atoms with Gasteiger partial charge in [0.15, 0.2) is 0 Å². The molecular weight excluding hydrogens is 406 g/mol. The molecule has 1 aromatic heterocycles. The number of aryl methyl sites for hydroxylation is 1. The molecule has 32 heavy (non-hydrogen) atoms. The summed E-state index contributed by atoms with van der Waals surface area (Å²) in [5.41, 5.74) is 2.10. The largest absolute Gasteiger partial charge is 0.354 e. The zero-order valence-electron chi connectivity index (χ0n) is 18.5. The summed E-state index contributed by atoms with van der Waals surface area (Å²) in [5.74, 6) is 0.0636. The Hall–Kier alpha value is -3.42. The van der Waals surface area contributed by atoms with E-state index in [0.29, 0.717) is 37.3 Å². The Bertz CT molecular complexity index is 1020. The van der Waals surface area contributed by atoms with Crippen LogP contribution in [-0.4, -0.2) is 52.4 Å². The number of benzene rings is 1. The number of carbonyl (C=O) groups is 3. The molecule has 2 atom stereocenters. The smallest absolute Gasteiger partial charge is 0.256 e. The molecule has 1 saturated heterocycles. The first-order valence-electron chi connectivity index (χ1n) is 11.1. The first-order valence-corrected chi connectivity index (χ1v) is 11.1. The number of fused-ring (bicyclic) bond motifs is 1. The van der Waals surface area contributed by atoms with Gasteiger partial charge in [-0.1, -0.05) is 29.8 Å². The average Bonchev–Trinajstić information content (AvgIpc) is 2.93. The van der Waals surface area contributed by atoms with Crippen molar-refractivity contribution in [2.75, 3.05) is 18.4 Å². The fourth-order valence-electron chi connectivity index (χ4n) is 4.29. The van der Waals surface area contributed by atoms with E-state index < -0.39 is 11.7 Å². The highest BCUT2D eigenvalue weighted by Crippen LogP contribution is 2.30. The van der Waals surface area contributed by atoms with Gasteiger partial charge in [-0.25, -0.2) is 4.98 Å². The Morgan fingerprint density at radius 3 is 2.75 bits per heavy atom. The molecule has 2 aliphatic rings. The fraction of sp³-hybridized carbons (Fsp3) is 0.417. The maximum absolute atomic E-state index is 12.8. The molecule has 2 unspecified atom stereocenters. The van der Waals surface area contributed by atoms with Crippen LogP contribution in [0.5, 0.6) is 0 Å². The number of rotatable bonds is 5. The summed E-state index contributed by atoms with van der Waals surface area (Å²) in [5, 5.41) is 9.30. The van der Waals surface area contributed by atoms with Gasteiger partial charge in [0, 0.05) is 32.1 Å². The summed E-state index contributed by atoms with van der Waals surface area (Å²) in [7, 11) is 0. The van der Waals surface area contributed by atoms with Crippen molar-refractivity contribution in [2.24, 2.45) is 0 Å². The topological polar surface area (TPSA) is 103 Å². The van der Waals surface area contributed by atoms with Crippen LogP contribution in [0.4, 0.5) is 5.82 Å². The van der Waals surface area contributed by atoms with Gasteiger partial charge in [0.05, 0.1) is 5.56 Å². The normalized spacial score (nSPS) is 21.2. The monoisotopic (exact) mass is 435 g/mol. The van der Waals surface area contributed by atoms with Gasteiger partial charge in [-0.3, -0.25) is 14.4 Å². The van der Waals surface area contributed by atoms with Crippen LogP contribution in [0.3, 0.4) is 0 Å². The second-order valence-electron chi connectivity index (χ2n) is 8.60. The zero-order valence-corrected chi connectivity index (χ0v) is 18.5. The molecule has 0 aliphatic carbocycles. The van der Waals surface area contributed by atoms with E-state index in [1.54, 1.807) is 30.2 Å². The van der Waals surface area contributed by atoms with Gasteiger partial charge in [-0.2, -0.15) is 0 Å². The highest BCUT2D eigenvalue weighted by Gasteiger charge is 2.42. The number of nitrogens with zero attached hydrogens (tertiary/aromatic N) is 2. The molecule has 0 radical (unpaired) electrons. The molecule has 3 N–H and O–H groups in total. The molecule has 3 heterocycles. The number of aromatic nitrogens is 1. The predicted octanol–water partition coefficient (Wildman–Crippen LogP) is 2.00. The molecule has 2 aromatic rings. The lowest BCUT2D eigenvalue weighted by Crippen LogP contribution is -2.58. The van der Waals surface area contributed by atoms with Crippen molar-refractivity contribution in [1.29, 1.82) is 0 Å². The van der Waals surface area contributed by atoms with E-state index in [9.17, 15) is 14.4 Å². The van der Waals surface area contributed by atoms with E-state index in [4.69, 9.17) is 0 Å². The summed E-state index contributed by atoms with van der Waals surface area (Å²) in [6.07, 6.45) is 3.53. The molecule has 0 saturated carbocycles. The number of pyridine rings is 1. The molecule has 2 aliphatic heterocycles. The second kappa shape index (κ2) is 8.98. The average molecular weight is 436 g/mol. The summed E-state index contributed by atoms with van der Waals surface area (Å²) in [6, 6.07) is 11.1. The third-order valence-electron chi connectivity index (χ3n) is 6.31. The lowest BCUT2D eigenvalue weighted by atomic mass is 9.97. The summed E-state index contributed by atoms with van der Waals surface area (Å²) < 4.78 is 0. The van der Waals surface area contributed by atoms with Crippen LogP contribution in [0.2, 0.25) is 0 Å². The molecule has 8 heteroatoms. The SMILES string of the molecule is Cc1ccc(CCNC(=O)C(C)N2CCC3(CCC2=O)NC(=O)c2cccnc2N3)cc1. The maximum Gasteiger partial charge on any atom is 0.256 e. The summed E-state index contributed by atoms with van der Waals surface area (Å²) in [6.45, 7) is 4.67. The molecule has 4 rings (SSSR count). The van der Waals surface area contributed by atoms with E-state index in [-0.39, 0.29) is 24.1 Å². The molecule has 1 spiro atoms. The number of hydrogen-bond acceptors (Lipinski definition) is 5. The van der Waals surface area contributed by atoms with Crippen molar-refractivity contribution < 1.29 is 14.4 Å². The van der Waals surface area contributed by atoms with Crippen LogP contribution in [0.15, 0.2) is 42.6 Å². The Morgan fingerprint density at radius 2 is 1.97 bits per heavy atom. The van der Waals surface area contributed by atoms with Crippen molar-refractivity contribution in [3.8, 4) is 0 Å². The van der Waals surface area contributed by atoms with E-state index in [1.165, 1.54) is 5.56 Å². The highest BCUT2D eigenvalue weighted by atomic mass is 16.2. The van der Waals surface area contributed by atoms with Crippen LogP contribution in [-0.2, 0) is 16.0 Å². The lowest BCUT2D eigenvalue weighted by Gasteiger charge is -2.39. The first kappa shape index (κ1) is 21.8. The van der Waals surface area contributed by atoms with Gasteiger partial charge in [0.25, 0.3) is 5.91 Å². The zero-order chi connectivity index (χ0) is 22.7. The molecule has 1 fully saturated rings.